The second kappa shape index (κ2) is 5.67. The second-order valence-corrected chi connectivity index (χ2v) is 3.34. The molecule has 12 heavy (non-hydrogen) atoms. The first-order valence-electron chi connectivity index (χ1n) is 3.42. The summed E-state index contributed by atoms with van der Waals surface area (Å²) in [6.07, 6.45) is 3.38. The smallest absolute Gasteiger partial charge is 0.184 e. The molecule has 0 aliphatic carbocycles. The van der Waals surface area contributed by atoms with E-state index in [4.69, 9.17) is 5.26 Å². The van der Waals surface area contributed by atoms with Gasteiger partial charge in [-0.25, -0.2) is 0 Å². The fraction of sp³-hybridized carbons (Fsp3) is 0.500. The molecule has 66 valence electrons. The minimum Gasteiger partial charge on any atom is -0.382 e. The zero-order chi connectivity index (χ0) is 9.56. The molecule has 0 radical (unpaired) electrons. The van der Waals surface area contributed by atoms with E-state index in [2.05, 4.69) is 0 Å². The van der Waals surface area contributed by atoms with Gasteiger partial charge in [0.25, 0.3) is 0 Å². The van der Waals surface area contributed by atoms with Gasteiger partial charge in [-0.05, 0) is 6.26 Å². The van der Waals surface area contributed by atoms with E-state index in [9.17, 15) is 4.79 Å². The van der Waals surface area contributed by atoms with E-state index in [1.54, 1.807) is 25.2 Å². The number of nitriles is 1. The number of allylic oxidation sites excluding steroid dienone is 1. The fourth-order valence-corrected chi connectivity index (χ4v) is 1.05. The Morgan fingerprint density at radius 1 is 1.67 bits per heavy atom. The summed E-state index contributed by atoms with van der Waals surface area (Å²) in [5.74, 6) is 0.256. The van der Waals surface area contributed by atoms with Gasteiger partial charge in [-0.2, -0.15) is 17.0 Å². The van der Waals surface area contributed by atoms with Crippen LogP contribution in [-0.4, -0.2) is 36.8 Å². The number of carbonyl (C=O) groups is 1. The van der Waals surface area contributed by atoms with E-state index in [-0.39, 0.29) is 11.4 Å². The minimum absolute atomic E-state index is 0.112. The molecule has 0 aromatic rings. The molecule has 0 aliphatic rings. The van der Waals surface area contributed by atoms with Gasteiger partial charge in [0.2, 0.25) is 0 Å². The van der Waals surface area contributed by atoms with Crippen LogP contribution in [0.2, 0.25) is 0 Å². The third-order valence-corrected chi connectivity index (χ3v) is 1.63. The second-order valence-electron chi connectivity index (χ2n) is 2.47. The first kappa shape index (κ1) is 11.1. The SMILES string of the molecule is CSCC(=O)/C(C#N)=C\N(C)C. The van der Waals surface area contributed by atoms with Gasteiger partial charge in [0.1, 0.15) is 11.6 Å². The van der Waals surface area contributed by atoms with Crippen LogP contribution in [0.5, 0.6) is 0 Å². The summed E-state index contributed by atoms with van der Waals surface area (Å²) in [6.45, 7) is 0. The predicted molar refractivity (Wildman–Crippen MR) is 50.8 cm³/mol. The number of Topliss-reactive ketones (excluding diaryl/α,β-unsaturated/α-hetero) is 1. The molecular formula is C8H12N2OS. The largest absolute Gasteiger partial charge is 0.382 e. The van der Waals surface area contributed by atoms with Gasteiger partial charge in [-0.15, -0.1) is 0 Å². The molecule has 0 amide bonds. The molecule has 0 heterocycles. The number of hydrogen-bond acceptors (Lipinski definition) is 4. The van der Waals surface area contributed by atoms with E-state index in [0.29, 0.717) is 5.75 Å². The van der Waals surface area contributed by atoms with E-state index in [0.717, 1.165) is 0 Å². The molecule has 0 aromatic carbocycles. The maximum Gasteiger partial charge on any atom is 0.184 e. The number of nitrogens with zero attached hydrogens (tertiary/aromatic N) is 2. The molecule has 0 aromatic heterocycles. The van der Waals surface area contributed by atoms with E-state index in [1.807, 2.05) is 12.3 Å². The monoisotopic (exact) mass is 184 g/mol. The summed E-state index contributed by atoms with van der Waals surface area (Å²) in [6, 6.07) is 1.87. The highest BCUT2D eigenvalue weighted by Crippen LogP contribution is 2.01. The van der Waals surface area contributed by atoms with Crippen molar-refractivity contribution in [1.82, 2.24) is 4.90 Å². The summed E-state index contributed by atoms with van der Waals surface area (Å²) in [7, 11) is 3.56. The maximum atomic E-state index is 11.2. The Morgan fingerprint density at radius 3 is 2.58 bits per heavy atom. The highest BCUT2D eigenvalue weighted by Gasteiger charge is 2.07. The Hall–Kier alpha value is -0.950. The molecule has 0 saturated carbocycles. The zero-order valence-electron chi connectivity index (χ0n) is 7.50. The topological polar surface area (TPSA) is 44.1 Å². The van der Waals surface area contributed by atoms with Gasteiger partial charge < -0.3 is 4.90 Å². The van der Waals surface area contributed by atoms with Gasteiger partial charge in [0.05, 0.1) is 5.75 Å². The zero-order valence-corrected chi connectivity index (χ0v) is 8.31. The van der Waals surface area contributed by atoms with Crippen LogP contribution in [0.3, 0.4) is 0 Å². The van der Waals surface area contributed by atoms with Crippen LogP contribution < -0.4 is 0 Å². The Morgan fingerprint density at radius 2 is 2.25 bits per heavy atom. The maximum absolute atomic E-state index is 11.2. The molecule has 0 N–H and O–H groups in total. The van der Waals surface area contributed by atoms with Crippen molar-refractivity contribution in [3.05, 3.63) is 11.8 Å². The molecular weight excluding hydrogens is 172 g/mol. The predicted octanol–water partition coefficient (Wildman–Crippen LogP) is 0.888. The lowest BCUT2D eigenvalue weighted by Crippen LogP contribution is -2.09. The molecule has 0 fully saturated rings. The molecule has 0 atom stereocenters. The van der Waals surface area contributed by atoms with Crippen molar-refractivity contribution in [2.45, 2.75) is 0 Å². The fourth-order valence-electron chi connectivity index (χ4n) is 0.630. The first-order valence-corrected chi connectivity index (χ1v) is 4.81. The molecule has 0 aliphatic heterocycles. The van der Waals surface area contributed by atoms with Crippen molar-refractivity contribution in [2.75, 3.05) is 26.1 Å². The Labute approximate surface area is 77.0 Å². The van der Waals surface area contributed by atoms with Gasteiger partial charge in [-0.3, -0.25) is 4.79 Å². The van der Waals surface area contributed by atoms with E-state index < -0.39 is 0 Å². The molecule has 0 unspecified atom stereocenters. The number of carbonyl (C=O) groups excluding carboxylic acids is 1. The van der Waals surface area contributed by atoms with Crippen LogP contribution in [0.15, 0.2) is 11.8 Å². The summed E-state index contributed by atoms with van der Waals surface area (Å²) in [5, 5.41) is 8.60. The van der Waals surface area contributed by atoms with Crippen molar-refractivity contribution in [2.24, 2.45) is 0 Å². The van der Waals surface area contributed by atoms with Gasteiger partial charge >= 0.3 is 0 Å². The summed E-state index contributed by atoms with van der Waals surface area (Å²) in [5.41, 5.74) is 0.217. The molecule has 4 heteroatoms. The number of ketones is 1. The molecule has 3 nitrogen and oxygen atoms in total. The van der Waals surface area contributed by atoms with Gasteiger partial charge in [0, 0.05) is 20.3 Å². The summed E-state index contributed by atoms with van der Waals surface area (Å²) >= 11 is 1.42. The normalized spacial score (nSPS) is 10.7. The van der Waals surface area contributed by atoms with E-state index in [1.165, 1.54) is 11.8 Å². The molecule has 0 rings (SSSR count). The van der Waals surface area contributed by atoms with Crippen molar-refractivity contribution in [1.29, 1.82) is 5.26 Å². The van der Waals surface area contributed by atoms with Gasteiger partial charge in [0.15, 0.2) is 5.78 Å². The van der Waals surface area contributed by atoms with Crippen molar-refractivity contribution < 1.29 is 4.79 Å². The summed E-state index contributed by atoms with van der Waals surface area (Å²) < 4.78 is 0. The lowest BCUT2D eigenvalue weighted by molar-refractivity contribution is -0.112. The third-order valence-electron chi connectivity index (χ3n) is 1.08. The van der Waals surface area contributed by atoms with Gasteiger partial charge in [-0.1, -0.05) is 0 Å². The standard InChI is InChI=1S/C8H12N2OS/c1-10(2)5-7(4-9)8(11)6-12-3/h5H,6H2,1-3H3/b7-5-. The number of thioether (sulfide) groups is 1. The highest BCUT2D eigenvalue weighted by molar-refractivity contribution is 7.99. The minimum atomic E-state index is -0.112. The van der Waals surface area contributed by atoms with Crippen LogP contribution in [0.25, 0.3) is 0 Å². The third kappa shape index (κ3) is 4.04. The Balaban J connectivity index is 4.37. The number of hydrogen-bond donors (Lipinski definition) is 0. The molecule has 0 bridgehead atoms. The van der Waals surface area contributed by atoms with Crippen molar-refractivity contribution in [3.8, 4) is 6.07 Å². The summed E-state index contributed by atoms with van der Waals surface area (Å²) in [4.78, 5) is 12.9. The average molecular weight is 184 g/mol. The van der Waals surface area contributed by atoms with E-state index >= 15 is 0 Å². The van der Waals surface area contributed by atoms with Crippen molar-refractivity contribution in [3.63, 3.8) is 0 Å². The van der Waals surface area contributed by atoms with Crippen LogP contribution in [0.4, 0.5) is 0 Å². The van der Waals surface area contributed by atoms with Crippen molar-refractivity contribution >= 4 is 17.5 Å². The first-order chi connectivity index (χ1) is 5.61. The quantitative estimate of drug-likeness (QED) is 0.481. The Kier molecular flexibility index (Phi) is 5.22. The van der Waals surface area contributed by atoms with Crippen LogP contribution in [0.1, 0.15) is 0 Å². The Bertz CT molecular complexity index is 228. The van der Waals surface area contributed by atoms with Crippen LogP contribution >= 0.6 is 11.8 Å². The molecule has 0 saturated heterocycles. The van der Waals surface area contributed by atoms with Crippen LogP contribution in [-0.2, 0) is 4.79 Å². The number of rotatable bonds is 4. The molecule has 0 spiro atoms. The lowest BCUT2D eigenvalue weighted by atomic mass is 10.2. The lowest BCUT2D eigenvalue weighted by Gasteiger charge is -2.04. The average Bonchev–Trinajstić information content (AvgIpc) is 2.00. The highest BCUT2D eigenvalue weighted by atomic mass is 32.2. The van der Waals surface area contributed by atoms with Crippen LogP contribution in [0, 0.1) is 11.3 Å².